The molecule has 33 heavy (non-hydrogen) atoms. The van der Waals surface area contributed by atoms with Gasteiger partial charge < -0.3 is 4.90 Å². The molecule has 0 radical (unpaired) electrons. The van der Waals surface area contributed by atoms with Crippen molar-refractivity contribution in [2.24, 2.45) is 0 Å². The van der Waals surface area contributed by atoms with Gasteiger partial charge in [0.15, 0.2) is 0 Å². The summed E-state index contributed by atoms with van der Waals surface area (Å²) in [6.45, 7) is 5.53. The number of anilines is 1. The molecule has 1 saturated heterocycles. The number of hydrogen-bond donors (Lipinski definition) is 0. The normalized spacial score (nSPS) is 14.6. The lowest BCUT2D eigenvalue weighted by atomic mass is 10.2. The fourth-order valence-corrected chi connectivity index (χ4v) is 4.66. The summed E-state index contributed by atoms with van der Waals surface area (Å²) in [4.78, 5) is 31.4. The van der Waals surface area contributed by atoms with Gasteiger partial charge in [0, 0.05) is 38.4 Å². The van der Waals surface area contributed by atoms with E-state index in [9.17, 15) is 9.59 Å². The molecular formula is C27H28N4O2. The lowest BCUT2D eigenvalue weighted by Crippen LogP contribution is -2.47. The summed E-state index contributed by atoms with van der Waals surface area (Å²) in [6, 6.07) is 27.1. The van der Waals surface area contributed by atoms with E-state index < -0.39 is 0 Å². The fraction of sp³-hybridized carbons (Fsp3) is 0.259. The van der Waals surface area contributed by atoms with Gasteiger partial charge in [0.05, 0.1) is 16.6 Å². The average molecular weight is 441 g/mol. The Labute approximate surface area is 192 Å². The molecule has 5 rings (SSSR count). The van der Waals surface area contributed by atoms with Crippen molar-refractivity contribution in [3.63, 3.8) is 0 Å². The minimum atomic E-state index is -0.279. The standard InChI is InChI=1S/C27H28N4O2/c32-26-24-14-7-8-15-25(24)30(27(33)31(26)23-12-5-2-6-13-23)17-9-16-28-18-20-29(21-19-28)22-10-3-1-4-11-22/h1-8,10-15H,9,16-21H2. The Kier molecular flexibility index (Phi) is 6.09. The van der Waals surface area contributed by atoms with Crippen molar-refractivity contribution in [2.75, 3.05) is 37.6 Å². The van der Waals surface area contributed by atoms with Gasteiger partial charge >= 0.3 is 5.69 Å². The quantitative estimate of drug-likeness (QED) is 0.461. The smallest absolute Gasteiger partial charge is 0.336 e. The molecule has 0 amide bonds. The Bertz CT molecular complexity index is 1340. The molecule has 3 aromatic carbocycles. The van der Waals surface area contributed by atoms with Gasteiger partial charge in [-0.2, -0.15) is 0 Å². The number of hydrogen-bond acceptors (Lipinski definition) is 4. The summed E-state index contributed by atoms with van der Waals surface area (Å²) < 4.78 is 3.05. The lowest BCUT2D eigenvalue weighted by Gasteiger charge is -2.36. The second-order valence-corrected chi connectivity index (χ2v) is 8.45. The van der Waals surface area contributed by atoms with E-state index >= 15 is 0 Å². The Morgan fingerprint density at radius 3 is 1.94 bits per heavy atom. The molecule has 0 bridgehead atoms. The fourth-order valence-electron chi connectivity index (χ4n) is 4.66. The predicted octanol–water partition coefficient (Wildman–Crippen LogP) is 3.36. The number of aryl methyl sites for hydroxylation is 1. The molecular weight excluding hydrogens is 412 g/mol. The molecule has 6 heteroatoms. The molecule has 0 saturated carbocycles. The number of para-hydroxylation sites is 3. The number of rotatable bonds is 6. The second kappa shape index (κ2) is 9.46. The van der Waals surface area contributed by atoms with Crippen molar-refractivity contribution in [1.82, 2.24) is 14.0 Å². The van der Waals surface area contributed by atoms with E-state index in [1.807, 2.05) is 42.5 Å². The third-order valence-corrected chi connectivity index (χ3v) is 6.41. The molecule has 4 aromatic rings. The topological polar surface area (TPSA) is 50.5 Å². The number of fused-ring (bicyclic) bond motifs is 1. The van der Waals surface area contributed by atoms with E-state index in [0.29, 0.717) is 23.1 Å². The molecule has 0 N–H and O–H groups in total. The van der Waals surface area contributed by atoms with E-state index in [1.54, 1.807) is 22.8 Å². The first kappa shape index (κ1) is 21.2. The number of benzene rings is 3. The lowest BCUT2D eigenvalue weighted by molar-refractivity contribution is 0.250. The average Bonchev–Trinajstić information content (AvgIpc) is 2.88. The highest BCUT2D eigenvalue weighted by Gasteiger charge is 2.18. The molecule has 0 unspecified atom stereocenters. The zero-order valence-electron chi connectivity index (χ0n) is 18.6. The van der Waals surface area contributed by atoms with Crippen LogP contribution in [0.15, 0.2) is 94.5 Å². The van der Waals surface area contributed by atoms with Gasteiger partial charge in [-0.15, -0.1) is 0 Å². The molecule has 6 nitrogen and oxygen atoms in total. The van der Waals surface area contributed by atoms with Gasteiger partial charge in [0.25, 0.3) is 5.56 Å². The maximum Gasteiger partial charge on any atom is 0.336 e. The first-order valence-electron chi connectivity index (χ1n) is 11.5. The SMILES string of the molecule is O=c1c2ccccc2n(CCCN2CCN(c3ccccc3)CC2)c(=O)n1-c1ccccc1. The van der Waals surface area contributed by atoms with Crippen LogP contribution in [0.3, 0.4) is 0 Å². The summed E-state index contributed by atoms with van der Waals surface area (Å²) in [7, 11) is 0. The third-order valence-electron chi connectivity index (χ3n) is 6.41. The molecule has 1 fully saturated rings. The van der Waals surface area contributed by atoms with Gasteiger partial charge in [0.2, 0.25) is 0 Å². The van der Waals surface area contributed by atoms with Crippen LogP contribution < -0.4 is 16.1 Å². The molecule has 0 aliphatic carbocycles. The highest BCUT2D eigenvalue weighted by atomic mass is 16.2. The predicted molar refractivity (Wildman–Crippen MR) is 134 cm³/mol. The first-order valence-corrected chi connectivity index (χ1v) is 11.5. The summed E-state index contributed by atoms with van der Waals surface area (Å²) in [6.07, 6.45) is 0.849. The molecule has 1 aromatic heterocycles. The van der Waals surface area contributed by atoms with Crippen molar-refractivity contribution >= 4 is 16.6 Å². The molecule has 2 heterocycles. The van der Waals surface area contributed by atoms with Crippen LogP contribution in [0, 0.1) is 0 Å². The number of aromatic nitrogens is 2. The van der Waals surface area contributed by atoms with Crippen molar-refractivity contribution in [1.29, 1.82) is 0 Å². The van der Waals surface area contributed by atoms with Crippen LogP contribution in [0.5, 0.6) is 0 Å². The highest BCUT2D eigenvalue weighted by molar-refractivity contribution is 5.78. The van der Waals surface area contributed by atoms with Crippen LogP contribution >= 0.6 is 0 Å². The van der Waals surface area contributed by atoms with Crippen molar-refractivity contribution < 1.29 is 0 Å². The summed E-state index contributed by atoms with van der Waals surface area (Å²) in [5, 5.41) is 0.567. The summed E-state index contributed by atoms with van der Waals surface area (Å²) in [5.74, 6) is 0. The zero-order chi connectivity index (χ0) is 22.6. The Balaban J connectivity index is 1.33. The van der Waals surface area contributed by atoms with Crippen LogP contribution in [-0.4, -0.2) is 46.8 Å². The summed E-state index contributed by atoms with van der Waals surface area (Å²) >= 11 is 0. The zero-order valence-corrected chi connectivity index (χ0v) is 18.6. The second-order valence-electron chi connectivity index (χ2n) is 8.45. The van der Waals surface area contributed by atoms with Crippen LogP contribution in [0.1, 0.15) is 6.42 Å². The van der Waals surface area contributed by atoms with Gasteiger partial charge in [-0.05, 0) is 49.4 Å². The Morgan fingerprint density at radius 1 is 0.636 bits per heavy atom. The third kappa shape index (κ3) is 4.34. The van der Waals surface area contributed by atoms with Crippen LogP contribution in [-0.2, 0) is 6.54 Å². The molecule has 0 spiro atoms. The molecule has 1 aliphatic rings. The van der Waals surface area contributed by atoms with Crippen LogP contribution in [0.4, 0.5) is 5.69 Å². The van der Waals surface area contributed by atoms with Gasteiger partial charge in [-0.1, -0.05) is 48.5 Å². The van der Waals surface area contributed by atoms with Gasteiger partial charge in [-0.25, -0.2) is 9.36 Å². The van der Waals surface area contributed by atoms with Crippen molar-refractivity contribution in [2.45, 2.75) is 13.0 Å². The molecule has 1 aliphatic heterocycles. The minimum absolute atomic E-state index is 0.268. The van der Waals surface area contributed by atoms with E-state index in [2.05, 4.69) is 34.1 Å². The Morgan fingerprint density at radius 2 is 1.24 bits per heavy atom. The highest BCUT2D eigenvalue weighted by Crippen LogP contribution is 2.16. The minimum Gasteiger partial charge on any atom is -0.369 e. The van der Waals surface area contributed by atoms with E-state index in [4.69, 9.17) is 0 Å². The van der Waals surface area contributed by atoms with Crippen molar-refractivity contribution in [3.05, 3.63) is 106 Å². The Hall–Kier alpha value is -3.64. The van der Waals surface area contributed by atoms with E-state index in [-0.39, 0.29) is 11.2 Å². The van der Waals surface area contributed by atoms with Crippen LogP contribution in [0.25, 0.3) is 16.6 Å². The maximum absolute atomic E-state index is 13.4. The van der Waals surface area contributed by atoms with E-state index in [0.717, 1.165) is 39.1 Å². The maximum atomic E-state index is 13.4. The largest absolute Gasteiger partial charge is 0.369 e. The molecule has 0 atom stereocenters. The summed E-state index contributed by atoms with van der Waals surface area (Å²) in [5.41, 5.74) is 2.03. The number of nitrogens with zero attached hydrogens (tertiary/aromatic N) is 4. The van der Waals surface area contributed by atoms with Gasteiger partial charge in [-0.3, -0.25) is 14.3 Å². The van der Waals surface area contributed by atoms with Crippen LogP contribution in [0.2, 0.25) is 0 Å². The number of piperazine rings is 1. The van der Waals surface area contributed by atoms with Gasteiger partial charge in [0.1, 0.15) is 0 Å². The first-order chi connectivity index (χ1) is 16.2. The molecule has 168 valence electrons. The van der Waals surface area contributed by atoms with Crippen molar-refractivity contribution in [3.8, 4) is 5.69 Å². The van der Waals surface area contributed by atoms with E-state index in [1.165, 1.54) is 10.3 Å². The monoisotopic (exact) mass is 440 g/mol.